The number of rotatable bonds is 3. The Hall–Kier alpha value is -1.57. The van der Waals surface area contributed by atoms with Crippen LogP contribution in [-0.2, 0) is 0 Å². The molecule has 1 atom stereocenters. The number of hydrogen-bond donors (Lipinski definition) is 1. The zero-order chi connectivity index (χ0) is 11.5. The summed E-state index contributed by atoms with van der Waals surface area (Å²) in [5, 5.41) is 12.6. The van der Waals surface area contributed by atoms with Gasteiger partial charge in [-0.15, -0.1) is 5.10 Å². The van der Waals surface area contributed by atoms with E-state index in [1.165, 1.54) is 6.33 Å². The van der Waals surface area contributed by atoms with Crippen molar-refractivity contribution in [3.8, 4) is 0 Å². The first-order valence-corrected chi connectivity index (χ1v) is 4.88. The molecule has 5 nitrogen and oxygen atoms in total. The summed E-state index contributed by atoms with van der Waals surface area (Å²) in [6.45, 7) is 1.94. The van der Waals surface area contributed by atoms with E-state index in [1.54, 1.807) is 4.68 Å². The van der Waals surface area contributed by atoms with Crippen LogP contribution in [-0.4, -0.2) is 44.7 Å². The van der Waals surface area contributed by atoms with E-state index in [0.717, 1.165) is 5.56 Å². The molecule has 1 aromatic carbocycles. The molecule has 1 aromatic heterocycles. The van der Waals surface area contributed by atoms with Gasteiger partial charge in [-0.2, -0.15) is 0 Å². The van der Waals surface area contributed by atoms with Gasteiger partial charge in [0.05, 0.1) is 6.04 Å². The van der Waals surface area contributed by atoms with E-state index in [4.69, 9.17) is 5.11 Å². The van der Waals surface area contributed by atoms with Crippen molar-refractivity contribution in [2.75, 3.05) is 0 Å². The Kier molecular flexibility index (Phi) is 4.50. The number of aromatic carboxylic acids is 1. The maximum atomic E-state index is 10.6. The van der Waals surface area contributed by atoms with Crippen LogP contribution in [0.3, 0.4) is 0 Å². The Bertz CT molecular complexity index is 498. The monoisotopic (exact) mass is 225 g/mol. The second kappa shape index (κ2) is 5.67. The fourth-order valence-corrected chi connectivity index (χ4v) is 1.44. The average Bonchev–Trinajstić information content (AvgIpc) is 2.78. The predicted molar refractivity (Wildman–Crippen MR) is 64.4 cm³/mol. The van der Waals surface area contributed by atoms with Gasteiger partial charge in [-0.1, -0.05) is 30.3 Å². The van der Waals surface area contributed by atoms with E-state index < -0.39 is 5.97 Å². The first-order chi connectivity index (χ1) is 7.68. The third-order valence-corrected chi connectivity index (χ3v) is 2.38. The molecule has 0 saturated heterocycles. The quantitative estimate of drug-likeness (QED) is 0.789. The van der Waals surface area contributed by atoms with Crippen LogP contribution in [0.1, 0.15) is 29.1 Å². The van der Waals surface area contributed by atoms with E-state index in [2.05, 4.69) is 10.1 Å². The number of aromatic nitrogens is 3. The van der Waals surface area contributed by atoms with Gasteiger partial charge in [-0.3, -0.25) is 0 Å². The molecule has 0 aliphatic carbocycles. The number of benzene rings is 1. The first kappa shape index (κ1) is 13.5. The summed E-state index contributed by atoms with van der Waals surface area (Å²) < 4.78 is 1.54. The fourth-order valence-electron chi connectivity index (χ4n) is 1.44. The van der Waals surface area contributed by atoms with E-state index in [9.17, 15) is 4.79 Å². The Morgan fingerprint density at radius 2 is 2.00 bits per heavy atom. The molecule has 17 heavy (non-hydrogen) atoms. The van der Waals surface area contributed by atoms with Crippen molar-refractivity contribution >= 4 is 24.8 Å². The zero-order valence-electron chi connectivity index (χ0n) is 8.74. The summed E-state index contributed by atoms with van der Waals surface area (Å²) in [7, 11) is 0. The molecule has 0 amide bonds. The molecule has 1 heterocycles. The molecule has 2 aromatic rings. The van der Waals surface area contributed by atoms with Gasteiger partial charge in [0.2, 0.25) is 0 Å². The van der Waals surface area contributed by atoms with Crippen molar-refractivity contribution in [1.82, 2.24) is 14.8 Å². The van der Waals surface area contributed by atoms with Gasteiger partial charge in [0.15, 0.2) is 0 Å². The zero-order valence-corrected chi connectivity index (χ0v) is 8.74. The Morgan fingerprint density at radius 3 is 2.53 bits per heavy atom. The Morgan fingerprint density at radius 1 is 1.35 bits per heavy atom. The minimum absolute atomic E-state index is 0. The molecule has 6 heteroatoms. The Labute approximate surface area is 111 Å². The van der Waals surface area contributed by atoms with Crippen molar-refractivity contribution < 1.29 is 9.90 Å². The second-order valence-corrected chi connectivity index (χ2v) is 3.44. The molecule has 1 unspecified atom stereocenters. The SMILES string of the molecule is CC(c1ccccc1)n1cnc(C(=O)O)n1.[LiH]. The molecule has 84 valence electrons. The second-order valence-electron chi connectivity index (χ2n) is 3.44. The molecule has 2 rings (SSSR count). The predicted octanol–water partition coefficient (Wildman–Crippen LogP) is 0.937. The molecule has 0 fully saturated rings. The van der Waals surface area contributed by atoms with Crippen molar-refractivity contribution in [3.05, 3.63) is 48.0 Å². The summed E-state index contributed by atoms with van der Waals surface area (Å²) >= 11 is 0. The van der Waals surface area contributed by atoms with Gasteiger partial charge in [0.25, 0.3) is 5.82 Å². The van der Waals surface area contributed by atoms with E-state index in [-0.39, 0.29) is 30.7 Å². The van der Waals surface area contributed by atoms with Crippen LogP contribution in [0, 0.1) is 0 Å². The van der Waals surface area contributed by atoms with Crippen molar-refractivity contribution in [2.24, 2.45) is 0 Å². The summed E-state index contributed by atoms with van der Waals surface area (Å²) in [5.74, 6) is -1.29. The molecule has 0 radical (unpaired) electrons. The van der Waals surface area contributed by atoms with Crippen LogP contribution in [0.15, 0.2) is 36.7 Å². The van der Waals surface area contributed by atoms with E-state index in [1.807, 2.05) is 37.3 Å². The van der Waals surface area contributed by atoms with Crippen molar-refractivity contribution in [3.63, 3.8) is 0 Å². The summed E-state index contributed by atoms with van der Waals surface area (Å²) in [4.78, 5) is 14.3. The van der Waals surface area contributed by atoms with Gasteiger partial charge >= 0.3 is 24.8 Å². The van der Waals surface area contributed by atoms with Crippen LogP contribution in [0.4, 0.5) is 0 Å². The van der Waals surface area contributed by atoms with Crippen LogP contribution in [0.5, 0.6) is 0 Å². The minimum atomic E-state index is -1.11. The van der Waals surface area contributed by atoms with Crippen LogP contribution in [0.2, 0.25) is 0 Å². The summed E-state index contributed by atoms with van der Waals surface area (Å²) in [6, 6.07) is 9.70. The number of nitrogens with zero attached hydrogens (tertiary/aromatic N) is 3. The van der Waals surface area contributed by atoms with Gasteiger partial charge in [0, 0.05) is 0 Å². The normalized spacial score (nSPS) is 11.6. The topological polar surface area (TPSA) is 68.0 Å². The van der Waals surface area contributed by atoms with Gasteiger partial charge in [-0.05, 0) is 12.5 Å². The molecule has 0 saturated carbocycles. The molecule has 0 aliphatic rings. The maximum absolute atomic E-state index is 10.6. The van der Waals surface area contributed by atoms with E-state index in [0.29, 0.717) is 0 Å². The van der Waals surface area contributed by atoms with Crippen LogP contribution >= 0.6 is 0 Å². The third-order valence-electron chi connectivity index (χ3n) is 2.38. The third kappa shape index (κ3) is 2.96. The average molecular weight is 225 g/mol. The van der Waals surface area contributed by atoms with Crippen LogP contribution in [0.25, 0.3) is 0 Å². The molecular formula is C11H12LiN3O2. The van der Waals surface area contributed by atoms with Gasteiger partial charge < -0.3 is 5.11 Å². The van der Waals surface area contributed by atoms with Gasteiger partial charge in [0.1, 0.15) is 6.33 Å². The number of hydrogen-bond acceptors (Lipinski definition) is 3. The molecule has 0 aliphatic heterocycles. The molecule has 1 N–H and O–H groups in total. The number of carbonyl (C=O) groups is 1. The number of carboxylic acid groups (broad SMARTS) is 1. The molecule has 0 bridgehead atoms. The number of carboxylic acids is 1. The van der Waals surface area contributed by atoms with Crippen molar-refractivity contribution in [2.45, 2.75) is 13.0 Å². The molecular weight excluding hydrogens is 213 g/mol. The van der Waals surface area contributed by atoms with Crippen LogP contribution < -0.4 is 0 Å². The standard InChI is InChI=1S/C11H11N3O2.Li.H/c1-8(9-5-3-2-4-6-9)14-7-12-10(13-14)11(15)16;;/h2-8H,1H3,(H,15,16);;. The summed E-state index contributed by atoms with van der Waals surface area (Å²) in [5.41, 5.74) is 1.06. The van der Waals surface area contributed by atoms with Crippen molar-refractivity contribution in [1.29, 1.82) is 0 Å². The Balaban J connectivity index is 0.00000144. The summed E-state index contributed by atoms with van der Waals surface area (Å²) in [6.07, 6.45) is 1.43. The fraction of sp³-hybridized carbons (Fsp3) is 0.182. The molecule has 0 spiro atoms. The van der Waals surface area contributed by atoms with Gasteiger partial charge in [-0.25, -0.2) is 14.5 Å². The van der Waals surface area contributed by atoms with E-state index >= 15 is 0 Å². The first-order valence-electron chi connectivity index (χ1n) is 4.88.